The smallest absolute Gasteiger partial charge is 0.347 e. The summed E-state index contributed by atoms with van der Waals surface area (Å²) in [6.07, 6.45) is 0.612. The molecule has 0 radical (unpaired) electrons. The second-order valence-electron chi connectivity index (χ2n) is 6.90. The lowest BCUT2D eigenvalue weighted by Crippen LogP contribution is -2.27. The van der Waals surface area contributed by atoms with E-state index in [0.717, 1.165) is 0 Å². The first-order chi connectivity index (χ1) is 13.4. The van der Waals surface area contributed by atoms with Crippen LogP contribution in [0.2, 0.25) is 5.02 Å². The molecular weight excluding hydrogens is 380 g/mol. The highest BCUT2D eigenvalue weighted by Gasteiger charge is 2.18. The predicted molar refractivity (Wildman–Crippen MR) is 109 cm³/mol. The third-order valence-corrected chi connectivity index (χ3v) is 4.44. The maximum atomic E-state index is 12.8. The average molecular weight is 401 g/mol. The average Bonchev–Trinajstić information content (AvgIpc) is 2.67. The topological polar surface area (TPSA) is 65.7 Å². The van der Waals surface area contributed by atoms with Gasteiger partial charge in [-0.1, -0.05) is 43.6 Å². The third-order valence-electron chi connectivity index (χ3n) is 4.11. The fraction of sp³-hybridized carbons (Fsp3) is 0.273. The van der Waals surface area contributed by atoms with Crippen molar-refractivity contribution in [1.29, 1.82) is 0 Å². The van der Waals surface area contributed by atoms with Crippen LogP contribution in [0, 0.1) is 5.92 Å². The number of esters is 1. The Balaban J connectivity index is 1.85. The Bertz CT molecular complexity index is 1050. The van der Waals surface area contributed by atoms with Crippen LogP contribution in [0.25, 0.3) is 22.1 Å². The first kappa shape index (κ1) is 20.0. The van der Waals surface area contributed by atoms with Gasteiger partial charge in [0.1, 0.15) is 17.6 Å². The fourth-order valence-corrected chi connectivity index (χ4v) is 2.90. The first-order valence-corrected chi connectivity index (χ1v) is 9.38. The van der Waals surface area contributed by atoms with E-state index < -0.39 is 12.1 Å². The lowest BCUT2D eigenvalue weighted by atomic mass is 10.1. The van der Waals surface area contributed by atoms with Gasteiger partial charge in [0.05, 0.1) is 17.6 Å². The lowest BCUT2D eigenvalue weighted by Gasteiger charge is -2.15. The van der Waals surface area contributed by atoms with Gasteiger partial charge in [-0.15, -0.1) is 0 Å². The molecule has 0 spiro atoms. The van der Waals surface area contributed by atoms with Gasteiger partial charge in [0.2, 0.25) is 5.43 Å². The molecule has 0 amide bonds. The van der Waals surface area contributed by atoms with Gasteiger partial charge in [-0.2, -0.15) is 0 Å². The number of fused-ring (bicyclic) bond motifs is 1. The molecule has 1 unspecified atom stereocenters. The zero-order chi connectivity index (χ0) is 20.3. The molecule has 0 aliphatic carbocycles. The van der Waals surface area contributed by atoms with E-state index in [4.69, 9.17) is 25.5 Å². The van der Waals surface area contributed by atoms with Gasteiger partial charge >= 0.3 is 5.97 Å². The summed E-state index contributed by atoms with van der Waals surface area (Å²) in [5, 5.41) is 0.877. The summed E-state index contributed by atoms with van der Waals surface area (Å²) < 4.78 is 16.4. The normalized spacial score (nSPS) is 12.2. The minimum absolute atomic E-state index is 0.190. The number of benzene rings is 2. The van der Waals surface area contributed by atoms with Crippen molar-refractivity contribution in [2.24, 2.45) is 5.92 Å². The zero-order valence-electron chi connectivity index (χ0n) is 15.9. The molecule has 0 aliphatic rings. The number of rotatable bonds is 6. The van der Waals surface area contributed by atoms with E-state index in [1.807, 2.05) is 19.9 Å². The van der Waals surface area contributed by atoms with Crippen molar-refractivity contribution in [3.05, 3.63) is 64.0 Å². The lowest BCUT2D eigenvalue weighted by molar-refractivity contribution is -0.152. The Labute approximate surface area is 167 Å². The monoisotopic (exact) mass is 400 g/mol. The fourth-order valence-electron chi connectivity index (χ4n) is 2.67. The third kappa shape index (κ3) is 4.37. The van der Waals surface area contributed by atoms with Crippen LogP contribution >= 0.6 is 11.6 Å². The van der Waals surface area contributed by atoms with Crippen LogP contribution < -0.4 is 10.2 Å². The van der Waals surface area contributed by atoms with Crippen molar-refractivity contribution >= 4 is 28.5 Å². The molecule has 0 saturated carbocycles. The van der Waals surface area contributed by atoms with Crippen LogP contribution in [0.4, 0.5) is 0 Å². The predicted octanol–water partition coefficient (Wildman–Crippen LogP) is 5.08. The van der Waals surface area contributed by atoms with Crippen molar-refractivity contribution in [2.45, 2.75) is 26.9 Å². The Morgan fingerprint density at radius 1 is 1.11 bits per heavy atom. The standard InChI is InChI=1S/C22H21ClO5/c1-13(2)11-27-22(25)14(3)28-15-8-9-17-20(10-15)26-12-18(21(17)24)16-6-4-5-7-19(16)23/h4-10,12-14H,11H2,1-3H3. The number of halogens is 1. The Morgan fingerprint density at radius 3 is 2.57 bits per heavy atom. The van der Waals surface area contributed by atoms with E-state index in [1.54, 1.807) is 43.3 Å². The van der Waals surface area contributed by atoms with Gasteiger partial charge in [-0.3, -0.25) is 4.79 Å². The van der Waals surface area contributed by atoms with E-state index >= 15 is 0 Å². The quantitative estimate of drug-likeness (QED) is 0.540. The molecule has 1 heterocycles. The second-order valence-corrected chi connectivity index (χ2v) is 7.31. The summed E-state index contributed by atoms with van der Waals surface area (Å²) in [6.45, 7) is 5.87. The molecule has 0 fully saturated rings. The van der Waals surface area contributed by atoms with Crippen LogP contribution in [0.1, 0.15) is 20.8 Å². The maximum absolute atomic E-state index is 12.8. The Kier molecular flexibility index (Phi) is 6.05. The number of hydrogen-bond acceptors (Lipinski definition) is 5. The number of hydrogen-bond donors (Lipinski definition) is 0. The Hall–Kier alpha value is -2.79. The van der Waals surface area contributed by atoms with Crippen LogP contribution in [-0.4, -0.2) is 18.7 Å². The van der Waals surface area contributed by atoms with Crippen molar-refractivity contribution in [2.75, 3.05) is 6.61 Å². The SMILES string of the molecule is CC(C)COC(=O)C(C)Oc1ccc2c(=O)c(-c3ccccc3Cl)coc2c1. The number of ether oxygens (including phenoxy) is 2. The minimum Gasteiger partial charge on any atom is -0.479 e. The molecule has 1 atom stereocenters. The van der Waals surface area contributed by atoms with Gasteiger partial charge in [0.25, 0.3) is 0 Å². The van der Waals surface area contributed by atoms with Gasteiger partial charge in [-0.25, -0.2) is 4.79 Å². The van der Waals surface area contributed by atoms with E-state index in [0.29, 0.717) is 39.5 Å². The molecule has 0 N–H and O–H groups in total. The highest BCUT2D eigenvalue weighted by atomic mass is 35.5. The highest BCUT2D eigenvalue weighted by Crippen LogP contribution is 2.28. The van der Waals surface area contributed by atoms with E-state index in [2.05, 4.69) is 0 Å². The molecular formula is C22H21ClO5. The van der Waals surface area contributed by atoms with Crippen molar-refractivity contribution < 1.29 is 18.7 Å². The molecule has 3 aromatic rings. The molecule has 0 saturated heterocycles. The molecule has 6 heteroatoms. The first-order valence-electron chi connectivity index (χ1n) is 9.00. The maximum Gasteiger partial charge on any atom is 0.347 e. The van der Waals surface area contributed by atoms with Crippen molar-refractivity contribution in [3.63, 3.8) is 0 Å². The number of carbonyl (C=O) groups excluding carboxylic acids is 1. The summed E-state index contributed by atoms with van der Waals surface area (Å²) in [4.78, 5) is 24.8. The molecule has 146 valence electrons. The van der Waals surface area contributed by atoms with E-state index in [-0.39, 0.29) is 11.3 Å². The van der Waals surface area contributed by atoms with E-state index in [1.165, 1.54) is 6.26 Å². The zero-order valence-corrected chi connectivity index (χ0v) is 16.7. The molecule has 0 bridgehead atoms. The largest absolute Gasteiger partial charge is 0.479 e. The highest BCUT2D eigenvalue weighted by molar-refractivity contribution is 6.33. The molecule has 2 aromatic carbocycles. The minimum atomic E-state index is -0.773. The molecule has 3 rings (SSSR count). The summed E-state index contributed by atoms with van der Waals surface area (Å²) in [5.41, 5.74) is 1.17. The van der Waals surface area contributed by atoms with Crippen LogP contribution in [0.5, 0.6) is 5.75 Å². The molecule has 1 aromatic heterocycles. The summed E-state index contributed by atoms with van der Waals surface area (Å²) in [7, 11) is 0. The van der Waals surface area contributed by atoms with Crippen LogP contribution in [0.15, 0.2) is 57.9 Å². The van der Waals surface area contributed by atoms with Gasteiger partial charge < -0.3 is 13.9 Å². The van der Waals surface area contributed by atoms with Gasteiger partial charge in [0.15, 0.2) is 6.10 Å². The summed E-state index contributed by atoms with van der Waals surface area (Å²) in [5.74, 6) is 0.220. The Morgan fingerprint density at radius 2 is 1.86 bits per heavy atom. The van der Waals surface area contributed by atoms with Crippen LogP contribution in [0.3, 0.4) is 0 Å². The van der Waals surface area contributed by atoms with E-state index in [9.17, 15) is 9.59 Å². The molecule has 28 heavy (non-hydrogen) atoms. The second kappa shape index (κ2) is 8.48. The van der Waals surface area contributed by atoms with Crippen molar-refractivity contribution in [1.82, 2.24) is 0 Å². The van der Waals surface area contributed by atoms with Gasteiger partial charge in [0, 0.05) is 16.7 Å². The number of carbonyl (C=O) groups is 1. The van der Waals surface area contributed by atoms with Crippen LogP contribution in [-0.2, 0) is 9.53 Å². The molecule has 5 nitrogen and oxygen atoms in total. The van der Waals surface area contributed by atoms with Gasteiger partial charge in [-0.05, 0) is 31.0 Å². The van der Waals surface area contributed by atoms with Crippen molar-refractivity contribution in [3.8, 4) is 16.9 Å². The summed E-state index contributed by atoms with van der Waals surface area (Å²) in [6, 6.07) is 11.9. The summed E-state index contributed by atoms with van der Waals surface area (Å²) >= 11 is 6.19. The molecule has 0 aliphatic heterocycles.